The van der Waals surface area contributed by atoms with Crippen LogP contribution in [0.4, 0.5) is 5.69 Å². The fourth-order valence-electron chi connectivity index (χ4n) is 3.73. The summed E-state index contributed by atoms with van der Waals surface area (Å²) in [6.45, 7) is 2.03. The Morgan fingerprint density at radius 2 is 1.89 bits per heavy atom. The summed E-state index contributed by atoms with van der Waals surface area (Å²) in [6.07, 6.45) is 9.54. The molecular weight excluding hydrogens is 234 g/mol. The first kappa shape index (κ1) is 12.7. The maximum Gasteiger partial charge on any atom is 0.127 e. The molecule has 2 nitrogen and oxygen atoms in total. The largest absolute Gasteiger partial charge is 0.370 e. The molecule has 0 radical (unpaired) electrons. The van der Waals surface area contributed by atoms with E-state index in [1.54, 1.807) is 0 Å². The average Bonchev–Trinajstić information content (AvgIpc) is 2.49. The van der Waals surface area contributed by atoms with E-state index in [0.29, 0.717) is 0 Å². The van der Waals surface area contributed by atoms with Crippen molar-refractivity contribution >= 4 is 12.0 Å². The zero-order chi connectivity index (χ0) is 13.1. The van der Waals surface area contributed by atoms with Crippen LogP contribution in [0.15, 0.2) is 24.3 Å². The van der Waals surface area contributed by atoms with E-state index in [0.717, 1.165) is 25.9 Å². The van der Waals surface area contributed by atoms with Gasteiger partial charge in [-0.3, -0.25) is 0 Å². The van der Waals surface area contributed by atoms with Gasteiger partial charge in [-0.1, -0.05) is 37.5 Å². The molecule has 0 unspecified atom stereocenters. The summed E-state index contributed by atoms with van der Waals surface area (Å²) in [5.74, 6) is 0. The fraction of sp³-hybridized carbons (Fsp3) is 0.588. The van der Waals surface area contributed by atoms with E-state index in [4.69, 9.17) is 0 Å². The van der Waals surface area contributed by atoms with Gasteiger partial charge in [0.2, 0.25) is 0 Å². The number of fused-ring (bicyclic) bond motifs is 1. The second-order valence-corrected chi connectivity index (χ2v) is 6.19. The molecule has 1 heterocycles. The number of hydrogen-bond donors (Lipinski definition) is 0. The summed E-state index contributed by atoms with van der Waals surface area (Å²) in [7, 11) is 0. The van der Waals surface area contributed by atoms with E-state index in [9.17, 15) is 4.79 Å². The van der Waals surface area contributed by atoms with Crippen molar-refractivity contribution in [2.45, 2.75) is 44.9 Å². The van der Waals surface area contributed by atoms with Crippen molar-refractivity contribution in [1.29, 1.82) is 0 Å². The summed E-state index contributed by atoms with van der Waals surface area (Å²) in [4.78, 5) is 14.1. The minimum absolute atomic E-state index is 0.0807. The van der Waals surface area contributed by atoms with Gasteiger partial charge in [-0.25, -0.2) is 0 Å². The average molecular weight is 257 g/mol. The van der Waals surface area contributed by atoms with Crippen LogP contribution in [0.25, 0.3) is 0 Å². The SMILES string of the molecule is O=CC1(CN2CCCc3ccccc32)CCCCC1. The summed E-state index contributed by atoms with van der Waals surface area (Å²) in [5.41, 5.74) is 2.73. The molecule has 1 aromatic rings. The molecule has 0 aromatic heterocycles. The minimum atomic E-state index is -0.0807. The van der Waals surface area contributed by atoms with Gasteiger partial charge in [0.15, 0.2) is 0 Å². The highest BCUT2D eigenvalue weighted by Crippen LogP contribution is 2.38. The molecule has 0 amide bonds. The Morgan fingerprint density at radius 3 is 2.68 bits per heavy atom. The molecule has 0 atom stereocenters. The predicted molar refractivity (Wildman–Crippen MR) is 78.6 cm³/mol. The molecule has 1 saturated carbocycles. The van der Waals surface area contributed by atoms with Crippen molar-refractivity contribution in [3.05, 3.63) is 29.8 Å². The normalized spacial score (nSPS) is 21.8. The summed E-state index contributed by atoms with van der Waals surface area (Å²) >= 11 is 0. The van der Waals surface area contributed by atoms with Gasteiger partial charge in [0, 0.05) is 24.2 Å². The van der Waals surface area contributed by atoms with Gasteiger partial charge in [-0.15, -0.1) is 0 Å². The lowest BCUT2D eigenvalue weighted by Crippen LogP contribution is -2.42. The van der Waals surface area contributed by atoms with Gasteiger partial charge in [0.05, 0.1) is 0 Å². The lowest BCUT2D eigenvalue weighted by atomic mass is 9.74. The number of rotatable bonds is 3. The number of anilines is 1. The number of carbonyl (C=O) groups excluding carboxylic acids is 1. The molecule has 1 aliphatic carbocycles. The predicted octanol–water partition coefficient (Wildman–Crippen LogP) is 3.59. The lowest BCUT2D eigenvalue weighted by Gasteiger charge is -2.40. The van der Waals surface area contributed by atoms with Crippen molar-refractivity contribution in [3.63, 3.8) is 0 Å². The van der Waals surface area contributed by atoms with Crippen molar-refractivity contribution in [1.82, 2.24) is 0 Å². The van der Waals surface area contributed by atoms with Crippen LogP contribution in [-0.2, 0) is 11.2 Å². The topological polar surface area (TPSA) is 20.3 Å². The Hall–Kier alpha value is -1.31. The zero-order valence-electron chi connectivity index (χ0n) is 11.6. The quantitative estimate of drug-likeness (QED) is 0.771. The molecule has 102 valence electrons. The van der Waals surface area contributed by atoms with E-state index in [-0.39, 0.29) is 5.41 Å². The van der Waals surface area contributed by atoms with E-state index in [1.165, 1.54) is 49.6 Å². The number of nitrogens with zero attached hydrogens (tertiary/aromatic N) is 1. The van der Waals surface area contributed by atoms with Crippen LogP contribution in [0.2, 0.25) is 0 Å². The smallest absolute Gasteiger partial charge is 0.127 e. The second-order valence-electron chi connectivity index (χ2n) is 6.19. The standard InChI is InChI=1S/C17H23NO/c19-14-17(10-4-1-5-11-17)13-18-12-6-8-15-7-2-3-9-16(15)18/h2-3,7,9,14H,1,4-6,8,10-13H2. The third-order valence-corrected chi connectivity index (χ3v) is 4.81. The summed E-state index contributed by atoms with van der Waals surface area (Å²) < 4.78 is 0. The molecule has 1 aromatic carbocycles. The number of benzene rings is 1. The Morgan fingerprint density at radius 1 is 1.11 bits per heavy atom. The van der Waals surface area contributed by atoms with E-state index >= 15 is 0 Å². The van der Waals surface area contributed by atoms with Gasteiger partial charge >= 0.3 is 0 Å². The van der Waals surface area contributed by atoms with Crippen LogP contribution in [0.5, 0.6) is 0 Å². The van der Waals surface area contributed by atoms with Crippen molar-refractivity contribution in [3.8, 4) is 0 Å². The molecule has 2 heteroatoms. The minimum Gasteiger partial charge on any atom is -0.370 e. The van der Waals surface area contributed by atoms with Crippen molar-refractivity contribution in [2.75, 3.05) is 18.0 Å². The van der Waals surface area contributed by atoms with Crippen LogP contribution < -0.4 is 4.90 Å². The second kappa shape index (κ2) is 5.36. The summed E-state index contributed by atoms with van der Waals surface area (Å²) in [6, 6.07) is 8.69. The van der Waals surface area contributed by atoms with Crippen LogP contribution in [0.3, 0.4) is 0 Å². The zero-order valence-corrected chi connectivity index (χ0v) is 11.6. The monoisotopic (exact) mass is 257 g/mol. The number of para-hydroxylation sites is 1. The van der Waals surface area contributed by atoms with E-state index in [2.05, 4.69) is 29.2 Å². The number of carbonyl (C=O) groups is 1. The molecule has 0 bridgehead atoms. The molecule has 0 spiro atoms. The van der Waals surface area contributed by atoms with Crippen molar-refractivity contribution in [2.24, 2.45) is 5.41 Å². The van der Waals surface area contributed by atoms with Gasteiger partial charge in [-0.2, -0.15) is 0 Å². The first-order chi connectivity index (χ1) is 9.33. The third kappa shape index (κ3) is 2.54. The van der Waals surface area contributed by atoms with Crippen LogP contribution in [-0.4, -0.2) is 19.4 Å². The molecule has 2 aliphatic rings. The van der Waals surface area contributed by atoms with Crippen LogP contribution in [0.1, 0.15) is 44.1 Å². The van der Waals surface area contributed by atoms with Crippen molar-refractivity contribution < 1.29 is 4.79 Å². The highest BCUT2D eigenvalue weighted by molar-refractivity contribution is 5.63. The van der Waals surface area contributed by atoms with Gasteiger partial charge in [0.25, 0.3) is 0 Å². The first-order valence-electron chi connectivity index (χ1n) is 7.62. The molecule has 3 rings (SSSR count). The number of aldehydes is 1. The van der Waals surface area contributed by atoms with Gasteiger partial charge in [0.1, 0.15) is 6.29 Å². The lowest BCUT2D eigenvalue weighted by molar-refractivity contribution is -0.117. The molecule has 1 fully saturated rings. The fourth-order valence-corrected chi connectivity index (χ4v) is 3.73. The molecule has 1 aliphatic heterocycles. The third-order valence-electron chi connectivity index (χ3n) is 4.81. The van der Waals surface area contributed by atoms with E-state index in [1.807, 2.05) is 0 Å². The Bertz CT molecular complexity index is 448. The highest BCUT2D eigenvalue weighted by Gasteiger charge is 2.34. The maximum atomic E-state index is 11.6. The Labute approximate surface area is 115 Å². The van der Waals surface area contributed by atoms with E-state index < -0.39 is 0 Å². The Kier molecular flexibility index (Phi) is 3.58. The summed E-state index contributed by atoms with van der Waals surface area (Å²) in [5, 5.41) is 0. The molecular formula is C17H23NO. The van der Waals surface area contributed by atoms with Gasteiger partial charge in [-0.05, 0) is 37.3 Å². The molecule has 0 saturated heterocycles. The number of aryl methyl sites for hydroxylation is 1. The maximum absolute atomic E-state index is 11.6. The first-order valence-corrected chi connectivity index (χ1v) is 7.62. The number of hydrogen-bond acceptors (Lipinski definition) is 2. The van der Waals surface area contributed by atoms with Crippen LogP contribution >= 0.6 is 0 Å². The molecule has 19 heavy (non-hydrogen) atoms. The van der Waals surface area contributed by atoms with Crippen LogP contribution in [0, 0.1) is 5.41 Å². The highest BCUT2D eigenvalue weighted by atomic mass is 16.1. The van der Waals surface area contributed by atoms with Gasteiger partial charge < -0.3 is 9.69 Å². The Balaban J connectivity index is 1.81. The molecule has 0 N–H and O–H groups in total.